The first kappa shape index (κ1) is 66.5. The Kier molecular flexibility index (Phi) is 26.4. The molecule has 1 aromatic heterocycles. The molecule has 17 heteroatoms. The highest BCUT2D eigenvalue weighted by molar-refractivity contribution is 6.08. The fraction of sp³-hybridized carbons (Fsp3) is 0.270. The number of unbranched alkanes of at least 4 members (excludes halogenated alkanes) is 9. The van der Waals surface area contributed by atoms with E-state index in [1.165, 1.54) is 0 Å². The molecular formula is C74H75NO16. The van der Waals surface area contributed by atoms with Crippen LogP contribution in [0, 0.1) is 0 Å². The molecule has 8 rings (SSSR count). The van der Waals surface area contributed by atoms with Crippen molar-refractivity contribution in [2.24, 2.45) is 0 Å². The summed E-state index contributed by atoms with van der Waals surface area (Å²) in [5.41, 5.74) is 3.05. The van der Waals surface area contributed by atoms with E-state index in [0.29, 0.717) is 114 Å². The summed E-state index contributed by atoms with van der Waals surface area (Å²) in [7, 11) is 0. The van der Waals surface area contributed by atoms with E-state index < -0.39 is 29.8 Å². The van der Waals surface area contributed by atoms with Gasteiger partial charge < -0.3 is 52.1 Å². The zero-order chi connectivity index (χ0) is 63.8. The van der Waals surface area contributed by atoms with Crippen LogP contribution in [0.1, 0.15) is 109 Å². The van der Waals surface area contributed by atoms with Crippen LogP contribution in [0.3, 0.4) is 0 Å². The van der Waals surface area contributed by atoms with Crippen LogP contribution in [0.25, 0.3) is 21.7 Å². The van der Waals surface area contributed by atoms with E-state index >= 15 is 0 Å². The molecule has 91 heavy (non-hydrogen) atoms. The van der Waals surface area contributed by atoms with Gasteiger partial charge in [-0.2, -0.15) is 0 Å². The van der Waals surface area contributed by atoms with Crippen LogP contribution in [0.4, 0.5) is 0 Å². The topological polar surface area (TPSA) is 200 Å². The first-order chi connectivity index (χ1) is 44.5. The Bertz CT molecular complexity index is 3680. The lowest BCUT2D eigenvalue weighted by Gasteiger charge is -2.14. The summed E-state index contributed by atoms with van der Waals surface area (Å²) >= 11 is 0. The standard InChI is InChI=1S/C74H75NO16/c1-4-69(76)84-46-16-10-7-13-43-81-57-27-33-60(34-28-57)89-72-67-49-63(87-51-53-19-23-55(24-20-53)73(79)90-61-35-29-58(30-36-61)82-44-14-8-11-17-47-85-70(77)5-2)39-41-65(67)66-42-40-64(50-68(66)75-72)88-52-54-21-25-56(26-22-54)74(80)91-62-37-31-59(32-38-62)83-45-15-9-12-18-48-86-71(78)6-3/h4-6,19-42,49-50H,1-3,7-18,43-48,51-52H2. The number of benzene rings is 7. The minimum Gasteiger partial charge on any atom is -0.494 e. The molecule has 0 bridgehead atoms. The molecule has 0 spiro atoms. The number of carbonyl (C=O) groups excluding carboxylic acids is 5. The summed E-state index contributed by atoms with van der Waals surface area (Å²) in [5.74, 6) is 2.59. The van der Waals surface area contributed by atoms with Crippen LogP contribution in [0.5, 0.6) is 51.9 Å². The molecular weight excluding hydrogens is 1160 g/mol. The lowest BCUT2D eigenvalue weighted by molar-refractivity contribution is -0.138. The van der Waals surface area contributed by atoms with Crippen molar-refractivity contribution in [3.05, 3.63) is 218 Å². The molecule has 0 amide bonds. The average molecular weight is 1230 g/mol. The summed E-state index contributed by atoms with van der Waals surface area (Å²) in [6.07, 6.45) is 13.9. The number of carbonyl (C=O) groups is 5. The predicted octanol–water partition coefficient (Wildman–Crippen LogP) is 15.8. The van der Waals surface area contributed by atoms with Gasteiger partial charge >= 0.3 is 29.8 Å². The second kappa shape index (κ2) is 36.2. The van der Waals surface area contributed by atoms with Crippen molar-refractivity contribution in [1.82, 2.24) is 4.98 Å². The van der Waals surface area contributed by atoms with E-state index in [9.17, 15) is 24.0 Å². The SMILES string of the molecule is C=CC(=O)OCCCCCCOc1ccc(OC(=O)c2ccc(COc3ccc4c(c3)nc(Oc3ccc(OCCCCCCOC(=O)C=C)cc3)c3cc(OCc5ccc(C(=O)Oc6ccc(OCCCCCCOC(=O)C=C)cc6)cc5)ccc34)cc2)cc1. The normalized spacial score (nSPS) is 10.8. The van der Waals surface area contributed by atoms with Gasteiger partial charge in [0.25, 0.3) is 0 Å². The molecule has 0 saturated carbocycles. The number of aromatic nitrogens is 1. The summed E-state index contributed by atoms with van der Waals surface area (Å²) in [6, 6.07) is 46.7. The van der Waals surface area contributed by atoms with Gasteiger partial charge in [-0.1, -0.05) is 44.0 Å². The molecule has 0 atom stereocenters. The average Bonchev–Trinajstić information content (AvgIpc) is 0.836. The third kappa shape index (κ3) is 22.3. The number of rotatable bonds is 39. The monoisotopic (exact) mass is 1230 g/mol. The van der Waals surface area contributed by atoms with Crippen LogP contribution >= 0.6 is 0 Å². The van der Waals surface area contributed by atoms with Gasteiger partial charge in [0.15, 0.2) is 0 Å². The molecule has 0 N–H and O–H groups in total. The van der Waals surface area contributed by atoms with Crippen molar-refractivity contribution in [3.8, 4) is 51.9 Å². The minimum absolute atomic E-state index is 0.208. The Morgan fingerprint density at radius 3 is 1.07 bits per heavy atom. The van der Waals surface area contributed by atoms with E-state index in [4.69, 9.17) is 57.1 Å². The fourth-order valence-corrected chi connectivity index (χ4v) is 9.19. The van der Waals surface area contributed by atoms with Gasteiger partial charge in [-0.05, 0) is 221 Å². The van der Waals surface area contributed by atoms with Crippen LogP contribution in [0.15, 0.2) is 196 Å². The number of ether oxygens (including phenoxy) is 11. The predicted molar refractivity (Wildman–Crippen MR) is 345 cm³/mol. The second-order valence-corrected chi connectivity index (χ2v) is 21.0. The molecule has 0 unspecified atom stereocenters. The summed E-state index contributed by atoms with van der Waals surface area (Å²) < 4.78 is 63.2. The molecule has 0 fully saturated rings. The van der Waals surface area contributed by atoms with Crippen LogP contribution < -0.4 is 37.9 Å². The Morgan fingerprint density at radius 1 is 0.330 bits per heavy atom. The number of hydrogen-bond donors (Lipinski definition) is 0. The van der Waals surface area contributed by atoms with E-state index in [1.54, 1.807) is 72.8 Å². The second-order valence-electron chi connectivity index (χ2n) is 21.0. The van der Waals surface area contributed by atoms with E-state index in [1.807, 2.05) is 84.9 Å². The summed E-state index contributed by atoms with van der Waals surface area (Å²) in [4.78, 5) is 64.9. The number of nitrogens with zero attached hydrogens (tertiary/aromatic N) is 1. The summed E-state index contributed by atoms with van der Waals surface area (Å²) in [5, 5.41) is 2.44. The van der Waals surface area contributed by atoms with Crippen molar-refractivity contribution in [2.45, 2.75) is 90.3 Å². The molecule has 472 valence electrons. The zero-order valence-corrected chi connectivity index (χ0v) is 51.0. The van der Waals surface area contributed by atoms with E-state index in [0.717, 1.165) is 117 Å². The maximum absolute atomic E-state index is 13.1. The third-order valence-electron chi connectivity index (χ3n) is 14.2. The van der Waals surface area contributed by atoms with Gasteiger partial charge in [-0.15, -0.1) is 0 Å². The van der Waals surface area contributed by atoms with Crippen molar-refractivity contribution in [3.63, 3.8) is 0 Å². The van der Waals surface area contributed by atoms with Crippen molar-refractivity contribution in [2.75, 3.05) is 39.6 Å². The molecule has 17 nitrogen and oxygen atoms in total. The van der Waals surface area contributed by atoms with Gasteiger partial charge in [0.1, 0.15) is 59.2 Å². The van der Waals surface area contributed by atoms with E-state index in [-0.39, 0.29) is 13.2 Å². The fourth-order valence-electron chi connectivity index (χ4n) is 9.19. The Balaban J connectivity index is 0.858. The van der Waals surface area contributed by atoms with Crippen molar-refractivity contribution < 1.29 is 76.1 Å². The van der Waals surface area contributed by atoms with Gasteiger partial charge in [-0.3, -0.25) is 0 Å². The van der Waals surface area contributed by atoms with Gasteiger partial charge in [-0.25, -0.2) is 29.0 Å². The smallest absolute Gasteiger partial charge is 0.343 e. The quantitative estimate of drug-likeness (QED) is 0.00879. The minimum atomic E-state index is -0.502. The third-order valence-corrected chi connectivity index (χ3v) is 14.2. The van der Waals surface area contributed by atoms with Gasteiger partial charge in [0.2, 0.25) is 5.88 Å². The molecule has 7 aromatic carbocycles. The number of fused-ring (bicyclic) bond motifs is 3. The highest BCUT2D eigenvalue weighted by atomic mass is 16.6. The maximum Gasteiger partial charge on any atom is 0.343 e. The Morgan fingerprint density at radius 2 is 0.670 bits per heavy atom. The number of esters is 5. The first-order valence-electron chi connectivity index (χ1n) is 30.5. The molecule has 0 radical (unpaired) electrons. The zero-order valence-electron chi connectivity index (χ0n) is 51.0. The molecule has 0 aliphatic rings. The van der Waals surface area contributed by atoms with Crippen LogP contribution in [-0.4, -0.2) is 74.5 Å². The van der Waals surface area contributed by atoms with Crippen molar-refractivity contribution >= 4 is 51.5 Å². The molecule has 1 heterocycles. The Hall–Kier alpha value is -10.4. The lowest BCUT2D eigenvalue weighted by Crippen LogP contribution is -2.08. The van der Waals surface area contributed by atoms with E-state index in [2.05, 4.69) is 19.7 Å². The summed E-state index contributed by atoms with van der Waals surface area (Å²) in [6.45, 7) is 13.3. The molecule has 8 aromatic rings. The van der Waals surface area contributed by atoms with Crippen molar-refractivity contribution in [1.29, 1.82) is 0 Å². The molecule has 0 saturated heterocycles. The van der Waals surface area contributed by atoms with Gasteiger partial charge in [0.05, 0.1) is 56.3 Å². The van der Waals surface area contributed by atoms with Crippen LogP contribution in [-0.2, 0) is 41.8 Å². The maximum atomic E-state index is 13.1. The van der Waals surface area contributed by atoms with Gasteiger partial charge in [0, 0.05) is 35.1 Å². The number of pyridine rings is 1. The molecule has 0 aliphatic carbocycles. The van der Waals surface area contributed by atoms with Crippen LogP contribution in [0.2, 0.25) is 0 Å². The largest absolute Gasteiger partial charge is 0.494 e. The lowest BCUT2D eigenvalue weighted by atomic mass is 10.1. The Labute approximate surface area is 530 Å². The number of hydrogen-bond acceptors (Lipinski definition) is 17. The first-order valence-corrected chi connectivity index (χ1v) is 30.5. The molecule has 0 aliphatic heterocycles. The highest BCUT2D eigenvalue weighted by Crippen LogP contribution is 2.38. The highest BCUT2D eigenvalue weighted by Gasteiger charge is 2.16.